The molecule has 22 heavy (non-hydrogen) atoms. The molecule has 1 aliphatic heterocycles. The van der Waals surface area contributed by atoms with Crippen molar-refractivity contribution in [1.29, 1.82) is 0 Å². The second-order valence-corrected chi connectivity index (χ2v) is 5.45. The minimum Gasteiger partial charge on any atom is -0.448 e. The summed E-state index contributed by atoms with van der Waals surface area (Å²) in [6.45, 7) is 3.11. The van der Waals surface area contributed by atoms with Gasteiger partial charge in [-0.15, -0.1) is 5.10 Å². The zero-order chi connectivity index (χ0) is 15.7. The van der Waals surface area contributed by atoms with E-state index in [2.05, 4.69) is 15.1 Å². The molecule has 9 heteroatoms. The molecule has 0 atom stereocenters. The number of aromatic nitrogens is 4. The summed E-state index contributed by atoms with van der Waals surface area (Å²) < 4.78 is 6.24. The number of thioether (sulfide) groups is 1. The summed E-state index contributed by atoms with van der Waals surface area (Å²) in [5.74, 6) is 1.15. The minimum absolute atomic E-state index is 0.292. The smallest absolute Gasteiger partial charge is 0.435 e. The number of anilines is 2. The number of nitrogen functional groups attached to an aromatic ring is 1. The van der Waals surface area contributed by atoms with E-state index in [-0.39, 0.29) is 0 Å². The first-order valence-electron chi connectivity index (χ1n) is 6.79. The van der Waals surface area contributed by atoms with Gasteiger partial charge in [0.2, 0.25) is 0 Å². The van der Waals surface area contributed by atoms with Gasteiger partial charge in [-0.3, -0.25) is 0 Å². The van der Waals surface area contributed by atoms with Crippen LogP contribution in [0.2, 0.25) is 0 Å². The van der Waals surface area contributed by atoms with Crippen LogP contribution in [0.15, 0.2) is 17.4 Å². The van der Waals surface area contributed by atoms with Gasteiger partial charge in [0.05, 0.1) is 25.4 Å². The molecule has 0 bridgehead atoms. The molecular formula is C13H16N6O2S. The number of carbonyl (C=O) groups is 1. The highest BCUT2D eigenvalue weighted by atomic mass is 32.2. The summed E-state index contributed by atoms with van der Waals surface area (Å²) in [7, 11) is 0. The monoisotopic (exact) mass is 320 g/mol. The van der Waals surface area contributed by atoms with E-state index < -0.39 is 6.09 Å². The number of hydrogen-bond acceptors (Lipinski definition) is 8. The average Bonchev–Trinajstić information content (AvgIpc) is 3.08. The summed E-state index contributed by atoms with van der Waals surface area (Å²) in [4.78, 5) is 22.6. The van der Waals surface area contributed by atoms with Gasteiger partial charge in [-0.05, 0) is 19.2 Å². The van der Waals surface area contributed by atoms with Crippen LogP contribution in [-0.2, 0) is 17.8 Å². The van der Waals surface area contributed by atoms with E-state index in [9.17, 15) is 4.79 Å². The topological polar surface area (TPSA) is 99.2 Å². The number of nitrogens with zero attached hydrogens (tertiary/aromatic N) is 5. The fraction of sp³-hybridized carbons (Fsp3) is 0.385. The molecule has 0 radical (unpaired) electrons. The van der Waals surface area contributed by atoms with Crippen molar-refractivity contribution in [1.82, 2.24) is 19.7 Å². The van der Waals surface area contributed by atoms with Crippen LogP contribution in [0.4, 0.5) is 16.4 Å². The van der Waals surface area contributed by atoms with Gasteiger partial charge in [0.1, 0.15) is 5.82 Å². The van der Waals surface area contributed by atoms with Crippen LogP contribution in [0.1, 0.15) is 18.2 Å². The van der Waals surface area contributed by atoms with E-state index in [1.54, 1.807) is 13.1 Å². The van der Waals surface area contributed by atoms with Crippen LogP contribution in [0, 0.1) is 0 Å². The molecule has 1 aliphatic rings. The van der Waals surface area contributed by atoms with Gasteiger partial charge < -0.3 is 15.4 Å². The summed E-state index contributed by atoms with van der Waals surface area (Å²) in [6.07, 6.45) is 3.14. The lowest BCUT2D eigenvalue weighted by Crippen LogP contribution is -2.22. The maximum absolute atomic E-state index is 11.9. The maximum Gasteiger partial charge on any atom is 0.435 e. The van der Waals surface area contributed by atoms with Gasteiger partial charge in [-0.25, -0.2) is 14.8 Å². The zero-order valence-electron chi connectivity index (χ0n) is 12.3. The van der Waals surface area contributed by atoms with Gasteiger partial charge in [0, 0.05) is 11.8 Å². The molecule has 0 amide bonds. The van der Waals surface area contributed by atoms with E-state index >= 15 is 0 Å². The summed E-state index contributed by atoms with van der Waals surface area (Å²) in [6, 6.07) is 1.84. The molecule has 0 aromatic carbocycles. The Labute approximate surface area is 131 Å². The van der Waals surface area contributed by atoms with Crippen molar-refractivity contribution in [3.05, 3.63) is 23.5 Å². The number of carbonyl (C=O) groups excluding carboxylic acids is 1. The second-order valence-electron chi connectivity index (χ2n) is 4.68. The lowest BCUT2D eigenvalue weighted by Gasteiger charge is -2.17. The number of fused-ring (bicyclic) bond motifs is 1. The largest absolute Gasteiger partial charge is 0.448 e. The van der Waals surface area contributed by atoms with Crippen LogP contribution in [0.3, 0.4) is 0 Å². The molecule has 0 saturated heterocycles. The molecule has 2 aromatic heterocycles. The second kappa shape index (κ2) is 5.84. The van der Waals surface area contributed by atoms with Crippen molar-refractivity contribution in [2.45, 2.75) is 25.2 Å². The van der Waals surface area contributed by atoms with Gasteiger partial charge in [-0.1, -0.05) is 11.8 Å². The molecule has 3 heterocycles. The Morgan fingerprint density at radius 3 is 3.05 bits per heavy atom. The molecule has 2 N–H and O–H groups in total. The Kier molecular flexibility index (Phi) is 3.88. The van der Waals surface area contributed by atoms with Gasteiger partial charge in [-0.2, -0.15) is 4.68 Å². The molecular weight excluding hydrogens is 304 g/mol. The van der Waals surface area contributed by atoms with E-state index in [4.69, 9.17) is 10.5 Å². The molecule has 0 aliphatic carbocycles. The van der Waals surface area contributed by atoms with E-state index in [0.717, 1.165) is 17.1 Å². The van der Waals surface area contributed by atoms with Crippen molar-refractivity contribution in [3.8, 4) is 0 Å². The predicted molar refractivity (Wildman–Crippen MR) is 82.8 cm³/mol. The third-order valence-corrected chi connectivity index (χ3v) is 3.94. The molecule has 0 fully saturated rings. The van der Waals surface area contributed by atoms with E-state index in [1.807, 2.05) is 17.2 Å². The molecule has 0 unspecified atom stereocenters. The first kappa shape index (κ1) is 14.6. The van der Waals surface area contributed by atoms with Gasteiger partial charge >= 0.3 is 6.09 Å². The van der Waals surface area contributed by atoms with Crippen LogP contribution in [0.25, 0.3) is 0 Å². The maximum atomic E-state index is 11.9. The van der Waals surface area contributed by atoms with E-state index in [0.29, 0.717) is 30.7 Å². The first-order valence-corrected chi connectivity index (χ1v) is 8.01. The SMILES string of the molecule is CCOC(=O)n1nc(N)c2c1CN(c1ccnc(SC)n1)C2. The third kappa shape index (κ3) is 2.47. The minimum atomic E-state index is -0.509. The quantitative estimate of drug-likeness (QED) is 0.671. The fourth-order valence-corrected chi connectivity index (χ4v) is 2.72. The summed E-state index contributed by atoms with van der Waals surface area (Å²) >= 11 is 1.48. The first-order chi connectivity index (χ1) is 10.6. The highest BCUT2D eigenvalue weighted by molar-refractivity contribution is 7.98. The molecule has 3 rings (SSSR count). The molecule has 116 valence electrons. The van der Waals surface area contributed by atoms with E-state index in [1.165, 1.54) is 16.4 Å². The Balaban J connectivity index is 1.89. The Morgan fingerprint density at radius 1 is 1.50 bits per heavy atom. The Hall–Kier alpha value is -2.29. The zero-order valence-corrected chi connectivity index (χ0v) is 13.1. The Bertz CT molecular complexity index is 717. The van der Waals surface area contributed by atoms with Crippen LogP contribution < -0.4 is 10.6 Å². The normalized spacial score (nSPS) is 13.3. The third-order valence-electron chi connectivity index (χ3n) is 3.38. The molecule has 0 saturated carbocycles. The van der Waals surface area contributed by atoms with Crippen LogP contribution >= 0.6 is 11.8 Å². The van der Waals surface area contributed by atoms with Gasteiger partial charge in [0.25, 0.3) is 0 Å². The van der Waals surface area contributed by atoms with Crippen molar-refractivity contribution < 1.29 is 9.53 Å². The number of hydrogen-bond donors (Lipinski definition) is 1. The van der Waals surface area contributed by atoms with Crippen molar-refractivity contribution >= 4 is 29.5 Å². The summed E-state index contributed by atoms with van der Waals surface area (Å²) in [5.41, 5.74) is 7.51. The van der Waals surface area contributed by atoms with Crippen LogP contribution in [0.5, 0.6) is 0 Å². The van der Waals surface area contributed by atoms with Crippen LogP contribution in [-0.4, -0.2) is 38.7 Å². The lowest BCUT2D eigenvalue weighted by atomic mass is 10.3. The van der Waals surface area contributed by atoms with Crippen molar-refractivity contribution in [2.24, 2.45) is 0 Å². The molecule has 2 aromatic rings. The lowest BCUT2D eigenvalue weighted by molar-refractivity contribution is 0.149. The standard InChI is InChI=1S/C13H16N6O2S/c1-3-21-13(20)19-9-7-18(6-8(9)11(14)17-19)10-4-5-15-12(16-10)22-2/h4-5H,3,6-7H2,1-2H3,(H2,14,17). The Morgan fingerprint density at radius 2 is 2.32 bits per heavy atom. The molecule has 0 spiro atoms. The number of nitrogens with two attached hydrogens (primary N) is 1. The predicted octanol–water partition coefficient (Wildman–Crippen LogP) is 1.50. The highest BCUT2D eigenvalue weighted by Gasteiger charge is 2.30. The highest BCUT2D eigenvalue weighted by Crippen LogP contribution is 2.31. The number of ether oxygens (including phenoxy) is 1. The number of rotatable bonds is 3. The summed E-state index contributed by atoms with van der Waals surface area (Å²) in [5, 5.41) is 4.77. The fourth-order valence-electron chi connectivity index (χ4n) is 2.37. The van der Waals surface area contributed by atoms with Gasteiger partial charge in [0.15, 0.2) is 11.0 Å². The average molecular weight is 320 g/mol. The van der Waals surface area contributed by atoms with Crippen molar-refractivity contribution in [3.63, 3.8) is 0 Å². The van der Waals surface area contributed by atoms with Crippen molar-refractivity contribution in [2.75, 3.05) is 23.5 Å². The molecule has 8 nitrogen and oxygen atoms in total.